The number of rotatable bonds is 6. The maximum atomic E-state index is 12.4. The lowest BCUT2D eigenvalue weighted by Gasteiger charge is -2.37. The van der Waals surface area contributed by atoms with Gasteiger partial charge in [0.05, 0.1) is 12.7 Å². The molecule has 1 N–H and O–H groups in total. The number of aliphatic imine (C=N–C) groups is 1. The van der Waals surface area contributed by atoms with Crippen molar-refractivity contribution in [1.29, 1.82) is 0 Å². The van der Waals surface area contributed by atoms with Crippen molar-refractivity contribution in [3.63, 3.8) is 0 Å². The summed E-state index contributed by atoms with van der Waals surface area (Å²) in [6.45, 7) is 12.7. The molecule has 0 radical (unpaired) electrons. The summed E-state index contributed by atoms with van der Waals surface area (Å²) in [5.74, 6) is 0.840. The molecule has 9 heteroatoms. The Morgan fingerprint density at radius 2 is 1.97 bits per heavy atom. The maximum Gasteiger partial charge on any atom is 0.410 e. The van der Waals surface area contributed by atoms with Crippen LogP contribution in [-0.2, 0) is 14.2 Å². The second-order valence-corrected chi connectivity index (χ2v) is 8.35. The van der Waals surface area contributed by atoms with Gasteiger partial charge in [-0.25, -0.2) is 4.79 Å². The summed E-state index contributed by atoms with van der Waals surface area (Å²) >= 11 is 0. The van der Waals surface area contributed by atoms with Gasteiger partial charge in [-0.1, -0.05) is 6.92 Å². The number of nitrogens with one attached hydrogen (secondary N) is 1. The monoisotopic (exact) mass is 526 g/mol. The Morgan fingerprint density at radius 1 is 1.24 bits per heavy atom. The highest BCUT2D eigenvalue weighted by atomic mass is 127. The van der Waals surface area contributed by atoms with Crippen molar-refractivity contribution in [2.45, 2.75) is 64.8 Å². The van der Waals surface area contributed by atoms with Crippen LogP contribution in [0.25, 0.3) is 0 Å². The molecule has 0 aliphatic carbocycles. The summed E-state index contributed by atoms with van der Waals surface area (Å²) in [6.07, 6.45) is 3.07. The Bertz CT molecular complexity index is 521. The number of carbonyl (C=O) groups excluding carboxylic acids is 1. The van der Waals surface area contributed by atoms with Gasteiger partial charge in [-0.2, -0.15) is 0 Å². The first-order chi connectivity index (χ1) is 13.3. The second-order valence-electron chi connectivity index (χ2n) is 8.35. The molecule has 2 atom stereocenters. The molecule has 0 aromatic rings. The fourth-order valence-electron chi connectivity index (χ4n) is 3.51. The molecule has 0 saturated carbocycles. The molecule has 2 rings (SSSR count). The molecule has 2 saturated heterocycles. The third kappa shape index (κ3) is 8.84. The highest BCUT2D eigenvalue weighted by Crippen LogP contribution is 2.21. The highest BCUT2D eigenvalue weighted by molar-refractivity contribution is 14.0. The highest BCUT2D eigenvalue weighted by Gasteiger charge is 2.32. The van der Waals surface area contributed by atoms with Crippen LogP contribution in [0.1, 0.15) is 47.0 Å². The van der Waals surface area contributed by atoms with Crippen LogP contribution in [0.15, 0.2) is 4.99 Å². The van der Waals surface area contributed by atoms with Crippen LogP contribution in [0.5, 0.6) is 0 Å². The number of hydrogen-bond acceptors (Lipinski definition) is 5. The predicted molar refractivity (Wildman–Crippen MR) is 125 cm³/mol. The summed E-state index contributed by atoms with van der Waals surface area (Å²) in [5, 5.41) is 3.39. The number of ether oxygens (including phenoxy) is 3. The normalized spacial score (nSPS) is 22.8. The first-order valence-corrected chi connectivity index (χ1v) is 10.5. The third-order valence-corrected chi connectivity index (χ3v) is 4.79. The Kier molecular flexibility index (Phi) is 11.6. The van der Waals surface area contributed by atoms with Crippen LogP contribution in [0.4, 0.5) is 4.79 Å². The Morgan fingerprint density at radius 3 is 2.55 bits per heavy atom. The van der Waals surface area contributed by atoms with Crippen molar-refractivity contribution in [3.05, 3.63) is 0 Å². The van der Waals surface area contributed by atoms with Crippen molar-refractivity contribution in [2.24, 2.45) is 4.99 Å². The zero-order chi connectivity index (χ0) is 20.6. The third-order valence-electron chi connectivity index (χ3n) is 4.79. The first-order valence-electron chi connectivity index (χ1n) is 10.5. The summed E-state index contributed by atoms with van der Waals surface area (Å²) in [7, 11) is 1.79. The molecule has 8 nitrogen and oxygen atoms in total. The van der Waals surface area contributed by atoms with Crippen molar-refractivity contribution in [1.82, 2.24) is 15.1 Å². The minimum absolute atomic E-state index is 0. The van der Waals surface area contributed by atoms with Crippen LogP contribution in [-0.4, -0.2) is 92.6 Å². The van der Waals surface area contributed by atoms with E-state index in [-0.39, 0.29) is 42.3 Å². The number of nitrogens with zero attached hydrogens (tertiary/aromatic N) is 3. The van der Waals surface area contributed by atoms with Gasteiger partial charge in [0.2, 0.25) is 0 Å². The molecule has 0 aromatic carbocycles. The van der Waals surface area contributed by atoms with Gasteiger partial charge in [-0.3, -0.25) is 4.99 Å². The molecule has 2 heterocycles. The Balaban J connectivity index is 0.00000420. The van der Waals surface area contributed by atoms with E-state index < -0.39 is 5.60 Å². The quantitative estimate of drug-likeness (QED) is 0.326. The van der Waals surface area contributed by atoms with Gasteiger partial charge >= 0.3 is 6.09 Å². The minimum atomic E-state index is -0.488. The van der Waals surface area contributed by atoms with Crippen molar-refractivity contribution >= 4 is 36.0 Å². The number of hydrogen-bond donors (Lipinski definition) is 1. The molecule has 170 valence electrons. The zero-order valence-electron chi connectivity index (χ0n) is 18.6. The SMILES string of the molecule is CCCN(CCNC(=NC)N1CCOC(C2CCCO2)C1)C(=O)OC(C)(C)C.I. The molecule has 0 bridgehead atoms. The molecule has 2 fully saturated rings. The van der Waals surface area contributed by atoms with E-state index in [0.29, 0.717) is 26.2 Å². The molecule has 0 spiro atoms. The average molecular weight is 526 g/mol. The van der Waals surface area contributed by atoms with Gasteiger partial charge in [0.25, 0.3) is 0 Å². The Hall–Kier alpha value is -0.810. The largest absolute Gasteiger partial charge is 0.444 e. The molecule has 2 aliphatic rings. The van der Waals surface area contributed by atoms with Gasteiger partial charge in [0.15, 0.2) is 5.96 Å². The van der Waals surface area contributed by atoms with E-state index in [9.17, 15) is 4.79 Å². The lowest BCUT2D eigenvalue weighted by molar-refractivity contribution is -0.0817. The van der Waals surface area contributed by atoms with Crippen molar-refractivity contribution in [3.8, 4) is 0 Å². The van der Waals surface area contributed by atoms with Gasteiger partial charge < -0.3 is 29.3 Å². The van der Waals surface area contributed by atoms with E-state index in [1.165, 1.54) is 0 Å². The van der Waals surface area contributed by atoms with Crippen LogP contribution in [0.2, 0.25) is 0 Å². The maximum absolute atomic E-state index is 12.4. The van der Waals surface area contributed by atoms with E-state index in [4.69, 9.17) is 14.2 Å². The van der Waals surface area contributed by atoms with E-state index >= 15 is 0 Å². The van der Waals surface area contributed by atoms with Crippen LogP contribution >= 0.6 is 24.0 Å². The van der Waals surface area contributed by atoms with Gasteiger partial charge in [0, 0.05) is 46.4 Å². The number of carbonyl (C=O) groups is 1. The first kappa shape index (κ1) is 26.2. The standard InChI is InChI=1S/C20H38N4O4.HI/c1-6-10-23(19(25)28-20(2,3)4)11-9-22-18(21-5)24-12-14-27-17(15-24)16-8-7-13-26-16;/h16-17H,6-15H2,1-5H3,(H,21,22);1H. The van der Waals surface area contributed by atoms with Crippen molar-refractivity contribution < 1.29 is 19.0 Å². The van der Waals surface area contributed by atoms with E-state index in [1.54, 1.807) is 11.9 Å². The van der Waals surface area contributed by atoms with E-state index in [2.05, 4.69) is 22.1 Å². The molecule has 1 amide bonds. The lowest BCUT2D eigenvalue weighted by Crippen LogP contribution is -2.54. The second kappa shape index (κ2) is 12.8. The van der Waals surface area contributed by atoms with Gasteiger partial charge in [0.1, 0.15) is 11.7 Å². The molecule has 2 aliphatic heterocycles. The van der Waals surface area contributed by atoms with Crippen LogP contribution < -0.4 is 5.32 Å². The summed E-state index contributed by atoms with van der Waals surface area (Å²) in [6, 6.07) is 0. The number of guanidine groups is 1. The predicted octanol–water partition coefficient (Wildman–Crippen LogP) is 2.71. The summed E-state index contributed by atoms with van der Waals surface area (Å²) in [4.78, 5) is 20.8. The van der Waals surface area contributed by atoms with Crippen LogP contribution in [0.3, 0.4) is 0 Å². The lowest BCUT2D eigenvalue weighted by atomic mass is 10.1. The fraction of sp³-hybridized carbons (Fsp3) is 0.900. The molecule has 2 unspecified atom stereocenters. The zero-order valence-corrected chi connectivity index (χ0v) is 20.9. The topological polar surface area (TPSA) is 75.6 Å². The van der Waals surface area contributed by atoms with Crippen molar-refractivity contribution in [2.75, 3.05) is 53.0 Å². The summed E-state index contributed by atoms with van der Waals surface area (Å²) < 4.78 is 17.2. The number of morpholine rings is 1. The van der Waals surface area contributed by atoms with E-state index in [0.717, 1.165) is 44.9 Å². The van der Waals surface area contributed by atoms with Crippen LogP contribution in [0, 0.1) is 0 Å². The minimum Gasteiger partial charge on any atom is -0.444 e. The number of halogens is 1. The van der Waals surface area contributed by atoms with Gasteiger partial charge in [-0.15, -0.1) is 24.0 Å². The summed E-state index contributed by atoms with van der Waals surface area (Å²) in [5.41, 5.74) is -0.488. The van der Waals surface area contributed by atoms with E-state index in [1.807, 2.05) is 20.8 Å². The molecule has 0 aromatic heterocycles. The molecular formula is C20H39IN4O4. The number of amides is 1. The Labute approximate surface area is 192 Å². The van der Waals surface area contributed by atoms with Gasteiger partial charge in [-0.05, 0) is 40.0 Å². The smallest absolute Gasteiger partial charge is 0.410 e. The average Bonchev–Trinajstić information content (AvgIpc) is 3.18. The molecule has 29 heavy (non-hydrogen) atoms. The molecular weight excluding hydrogens is 487 g/mol. The fourth-order valence-corrected chi connectivity index (χ4v) is 3.51.